The van der Waals surface area contributed by atoms with Crippen LogP contribution >= 0.6 is 0 Å². The number of piperidine rings is 1. The highest BCUT2D eigenvalue weighted by Gasteiger charge is 2.29. The standard InChI is InChI=1S/C18H24N2O3/c21-17(13-23-16-6-2-1-3-7-16)20-10-4-5-15(12-20)18(22)19-11-14-8-9-14/h1-3,6-7,14-15H,4-5,8-13H2,(H,19,22)/t15-/m1/s1. The van der Waals surface area contributed by atoms with E-state index in [-0.39, 0.29) is 24.3 Å². The van der Waals surface area contributed by atoms with Gasteiger partial charge in [-0.15, -0.1) is 0 Å². The van der Waals surface area contributed by atoms with E-state index in [1.54, 1.807) is 4.90 Å². The molecular weight excluding hydrogens is 292 g/mol. The summed E-state index contributed by atoms with van der Waals surface area (Å²) in [5.74, 6) is 1.34. The van der Waals surface area contributed by atoms with Crippen molar-refractivity contribution in [2.24, 2.45) is 11.8 Å². The number of hydrogen-bond donors (Lipinski definition) is 1. The topological polar surface area (TPSA) is 58.6 Å². The van der Waals surface area contributed by atoms with Crippen LogP contribution in [0.5, 0.6) is 5.75 Å². The maximum atomic E-state index is 12.3. The van der Waals surface area contributed by atoms with Crippen LogP contribution in [0, 0.1) is 11.8 Å². The highest BCUT2D eigenvalue weighted by atomic mass is 16.5. The van der Waals surface area contributed by atoms with Gasteiger partial charge in [0.1, 0.15) is 5.75 Å². The molecule has 5 heteroatoms. The van der Waals surface area contributed by atoms with Crippen molar-refractivity contribution in [3.05, 3.63) is 30.3 Å². The van der Waals surface area contributed by atoms with Gasteiger partial charge in [0.2, 0.25) is 5.91 Å². The summed E-state index contributed by atoms with van der Waals surface area (Å²) < 4.78 is 5.51. The molecule has 1 saturated heterocycles. The molecule has 0 radical (unpaired) electrons. The first-order valence-electron chi connectivity index (χ1n) is 8.45. The molecular formula is C18H24N2O3. The van der Waals surface area contributed by atoms with Gasteiger partial charge in [-0.2, -0.15) is 0 Å². The Morgan fingerprint density at radius 3 is 2.70 bits per heavy atom. The van der Waals surface area contributed by atoms with Gasteiger partial charge in [0, 0.05) is 19.6 Å². The van der Waals surface area contributed by atoms with Gasteiger partial charge in [0.25, 0.3) is 5.91 Å². The van der Waals surface area contributed by atoms with Crippen molar-refractivity contribution in [3.8, 4) is 5.75 Å². The van der Waals surface area contributed by atoms with Crippen LogP contribution in [0.25, 0.3) is 0 Å². The van der Waals surface area contributed by atoms with E-state index >= 15 is 0 Å². The molecule has 0 spiro atoms. The van der Waals surface area contributed by atoms with E-state index in [1.165, 1.54) is 12.8 Å². The maximum Gasteiger partial charge on any atom is 0.260 e. The summed E-state index contributed by atoms with van der Waals surface area (Å²) in [6, 6.07) is 9.32. The molecule has 2 aliphatic rings. The summed E-state index contributed by atoms with van der Waals surface area (Å²) in [5.41, 5.74) is 0. The van der Waals surface area contributed by atoms with Crippen molar-refractivity contribution in [3.63, 3.8) is 0 Å². The molecule has 2 amide bonds. The number of rotatable bonds is 6. The highest BCUT2D eigenvalue weighted by Crippen LogP contribution is 2.28. The van der Waals surface area contributed by atoms with E-state index in [2.05, 4.69) is 5.32 Å². The molecule has 1 aromatic rings. The molecule has 1 aromatic carbocycles. The number of carbonyl (C=O) groups excluding carboxylic acids is 2. The maximum absolute atomic E-state index is 12.3. The van der Waals surface area contributed by atoms with Crippen LogP contribution in [0.1, 0.15) is 25.7 Å². The van der Waals surface area contributed by atoms with Crippen molar-refractivity contribution < 1.29 is 14.3 Å². The molecule has 0 unspecified atom stereocenters. The van der Waals surface area contributed by atoms with Gasteiger partial charge in [-0.1, -0.05) is 18.2 Å². The molecule has 124 valence electrons. The van der Waals surface area contributed by atoms with Crippen molar-refractivity contribution in [1.29, 1.82) is 0 Å². The molecule has 1 saturated carbocycles. The number of nitrogens with zero attached hydrogens (tertiary/aromatic N) is 1. The van der Waals surface area contributed by atoms with Crippen LogP contribution in [-0.4, -0.2) is 43.0 Å². The fourth-order valence-corrected chi connectivity index (χ4v) is 2.88. The Morgan fingerprint density at radius 2 is 1.96 bits per heavy atom. The molecule has 1 aliphatic heterocycles. The zero-order valence-corrected chi connectivity index (χ0v) is 13.4. The quantitative estimate of drug-likeness (QED) is 0.871. The Kier molecular flexibility index (Phi) is 5.16. The Labute approximate surface area is 137 Å². The third-order valence-electron chi connectivity index (χ3n) is 4.51. The summed E-state index contributed by atoms with van der Waals surface area (Å²) in [6.07, 6.45) is 4.19. The van der Waals surface area contributed by atoms with Gasteiger partial charge >= 0.3 is 0 Å². The molecule has 1 heterocycles. The number of benzene rings is 1. The van der Waals surface area contributed by atoms with Gasteiger partial charge in [-0.25, -0.2) is 0 Å². The van der Waals surface area contributed by atoms with Gasteiger partial charge in [-0.3, -0.25) is 9.59 Å². The number of para-hydroxylation sites is 1. The largest absolute Gasteiger partial charge is 0.484 e. The van der Waals surface area contributed by atoms with Crippen molar-refractivity contribution >= 4 is 11.8 Å². The highest BCUT2D eigenvalue weighted by molar-refractivity contribution is 5.82. The minimum Gasteiger partial charge on any atom is -0.484 e. The number of nitrogens with one attached hydrogen (secondary N) is 1. The molecule has 0 aromatic heterocycles. The van der Waals surface area contributed by atoms with E-state index in [4.69, 9.17) is 4.74 Å². The molecule has 0 bridgehead atoms. The Bertz CT molecular complexity index is 542. The SMILES string of the molecule is O=C(NCC1CC1)[C@@H]1CCCN(C(=O)COc2ccccc2)C1. The minimum atomic E-state index is -0.0804. The number of likely N-dealkylation sites (tertiary alicyclic amines) is 1. The van der Waals surface area contributed by atoms with Crippen molar-refractivity contribution in [2.45, 2.75) is 25.7 Å². The lowest BCUT2D eigenvalue weighted by Crippen LogP contribution is -2.47. The van der Waals surface area contributed by atoms with Crippen LogP contribution in [0.3, 0.4) is 0 Å². The van der Waals surface area contributed by atoms with Gasteiger partial charge < -0.3 is 15.0 Å². The summed E-state index contributed by atoms with van der Waals surface area (Å²) in [5, 5.41) is 3.02. The molecule has 1 atom stereocenters. The normalized spacial score (nSPS) is 20.9. The Balaban J connectivity index is 1.45. The predicted octanol–water partition coefficient (Wildman–Crippen LogP) is 1.83. The average Bonchev–Trinajstić information content (AvgIpc) is 3.43. The fourth-order valence-electron chi connectivity index (χ4n) is 2.88. The monoisotopic (exact) mass is 316 g/mol. The number of hydrogen-bond acceptors (Lipinski definition) is 3. The smallest absolute Gasteiger partial charge is 0.260 e. The minimum absolute atomic E-state index is 0.0282. The van der Waals surface area contributed by atoms with E-state index in [1.807, 2.05) is 30.3 Å². The summed E-state index contributed by atoms with van der Waals surface area (Å²) >= 11 is 0. The molecule has 3 rings (SSSR count). The Hall–Kier alpha value is -2.04. The van der Waals surface area contributed by atoms with Gasteiger partial charge in [0.15, 0.2) is 6.61 Å². The van der Waals surface area contributed by atoms with Crippen LogP contribution in [0.4, 0.5) is 0 Å². The first kappa shape index (κ1) is 15.8. The number of amides is 2. The molecule has 23 heavy (non-hydrogen) atoms. The summed E-state index contributed by atoms with van der Waals surface area (Å²) in [4.78, 5) is 26.2. The third-order valence-corrected chi connectivity index (χ3v) is 4.51. The first-order chi connectivity index (χ1) is 11.2. The van der Waals surface area contributed by atoms with Crippen LogP contribution in [0.15, 0.2) is 30.3 Å². The fraction of sp³-hybridized carbons (Fsp3) is 0.556. The van der Waals surface area contributed by atoms with Gasteiger partial charge in [-0.05, 0) is 43.7 Å². The number of ether oxygens (including phenoxy) is 1. The van der Waals surface area contributed by atoms with Crippen LogP contribution < -0.4 is 10.1 Å². The second-order valence-electron chi connectivity index (χ2n) is 6.47. The van der Waals surface area contributed by atoms with Crippen LogP contribution in [0.2, 0.25) is 0 Å². The zero-order chi connectivity index (χ0) is 16.1. The summed E-state index contributed by atoms with van der Waals surface area (Å²) in [7, 11) is 0. The molecule has 5 nitrogen and oxygen atoms in total. The Morgan fingerprint density at radius 1 is 1.17 bits per heavy atom. The molecule has 1 N–H and O–H groups in total. The lowest BCUT2D eigenvalue weighted by molar-refractivity contribution is -0.137. The molecule has 1 aliphatic carbocycles. The van der Waals surface area contributed by atoms with Crippen molar-refractivity contribution in [2.75, 3.05) is 26.2 Å². The van der Waals surface area contributed by atoms with Crippen LogP contribution in [-0.2, 0) is 9.59 Å². The van der Waals surface area contributed by atoms with E-state index in [9.17, 15) is 9.59 Å². The van der Waals surface area contributed by atoms with E-state index < -0.39 is 0 Å². The van der Waals surface area contributed by atoms with E-state index in [0.29, 0.717) is 24.8 Å². The average molecular weight is 316 g/mol. The molecule has 2 fully saturated rings. The second kappa shape index (κ2) is 7.49. The number of carbonyl (C=O) groups is 2. The van der Waals surface area contributed by atoms with Gasteiger partial charge in [0.05, 0.1) is 5.92 Å². The first-order valence-corrected chi connectivity index (χ1v) is 8.45. The zero-order valence-electron chi connectivity index (χ0n) is 13.4. The predicted molar refractivity (Wildman–Crippen MR) is 87.0 cm³/mol. The lowest BCUT2D eigenvalue weighted by Gasteiger charge is -2.32. The third kappa shape index (κ3) is 4.71. The second-order valence-corrected chi connectivity index (χ2v) is 6.47. The lowest BCUT2D eigenvalue weighted by atomic mass is 9.97. The van der Waals surface area contributed by atoms with E-state index in [0.717, 1.165) is 19.4 Å². The van der Waals surface area contributed by atoms with Crippen molar-refractivity contribution in [1.82, 2.24) is 10.2 Å². The summed E-state index contributed by atoms with van der Waals surface area (Å²) in [6.45, 7) is 2.04.